The summed E-state index contributed by atoms with van der Waals surface area (Å²) >= 11 is 0. The molecule has 1 aliphatic rings. The Kier molecular flexibility index (Phi) is 9.08. The summed E-state index contributed by atoms with van der Waals surface area (Å²) in [4.78, 5) is 27.7. The summed E-state index contributed by atoms with van der Waals surface area (Å²) in [6.07, 6.45) is 0.509. The fourth-order valence-corrected chi connectivity index (χ4v) is 3.91. The zero-order valence-corrected chi connectivity index (χ0v) is 21.0. The fraction of sp³-hybridized carbons (Fsp3) is 0.423. The highest BCUT2D eigenvalue weighted by Gasteiger charge is 2.35. The van der Waals surface area contributed by atoms with E-state index < -0.39 is 0 Å². The molecule has 0 fully saturated rings. The molecule has 0 spiro atoms. The Balaban J connectivity index is 1.92. The molecule has 0 bridgehead atoms. The second-order valence-electron chi connectivity index (χ2n) is 8.49. The van der Waals surface area contributed by atoms with E-state index in [1.165, 1.54) is 9.91 Å². The molecule has 1 aliphatic heterocycles. The predicted molar refractivity (Wildman–Crippen MR) is 134 cm³/mol. The lowest BCUT2D eigenvalue weighted by Gasteiger charge is -2.28. The Morgan fingerprint density at radius 3 is 2.43 bits per heavy atom. The van der Waals surface area contributed by atoms with Gasteiger partial charge in [-0.05, 0) is 49.7 Å². The summed E-state index contributed by atoms with van der Waals surface area (Å²) in [5.74, 6) is 1.13. The minimum Gasteiger partial charge on any atom is -0.497 e. The molecule has 1 atom stereocenters. The van der Waals surface area contributed by atoms with Gasteiger partial charge in [0.2, 0.25) is 0 Å². The molecule has 0 saturated carbocycles. The molecule has 1 N–H and O–H groups in total. The van der Waals surface area contributed by atoms with Crippen molar-refractivity contribution in [1.82, 2.24) is 15.2 Å². The summed E-state index contributed by atoms with van der Waals surface area (Å²) in [6, 6.07) is 14.4. The van der Waals surface area contributed by atoms with E-state index in [0.717, 1.165) is 22.6 Å². The maximum absolute atomic E-state index is 13.6. The Hall–Kier alpha value is -3.59. The third kappa shape index (κ3) is 6.51. The van der Waals surface area contributed by atoms with Gasteiger partial charge in [-0.15, -0.1) is 0 Å². The van der Waals surface area contributed by atoms with E-state index in [-0.39, 0.29) is 37.1 Å². The van der Waals surface area contributed by atoms with Crippen LogP contribution >= 0.6 is 0 Å². The van der Waals surface area contributed by atoms with Crippen molar-refractivity contribution in [2.24, 2.45) is 5.10 Å². The monoisotopic (exact) mass is 482 g/mol. The molecule has 3 amide bonds. The summed E-state index contributed by atoms with van der Waals surface area (Å²) in [5, 5.41) is 9.03. The number of methoxy groups -OCH3 is 3. The molecule has 9 nitrogen and oxygen atoms in total. The predicted octanol–water partition coefficient (Wildman–Crippen LogP) is 3.45. The van der Waals surface area contributed by atoms with Crippen LogP contribution in [-0.2, 0) is 9.53 Å². The number of nitrogens with zero attached hydrogens (tertiary/aromatic N) is 3. The highest BCUT2D eigenvalue weighted by molar-refractivity contribution is 6.03. The number of hydrogen-bond acceptors (Lipinski definition) is 6. The fourth-order valence-electron chi connectivity index (χ4n) is 3.91. The highest BCUT2D eigenvalue weighted by Crippen LogP contribution is 2.37. The summed E-state index contributed by atoms with van der Waals surface area (Å²) in [7, 11) is 4.78. The maximum Gasteiger partial charge on any atom is 0.318 e. The number of nitrogens with one attached hydrogen (secondary N) is 1. The van der Waals surface area contributed by atoms with Crippen molar-refractivity contribution in [1.29, 1.82) is 0 Å². The first-order valence-electron chi connectivity index (χ1n) is 11.6. The van der Waals surface area contributed by atoms with Gasteiger partial charge in [-0.1, -0.05) is 18.2 Å². The van der Waals surface area contributed by atoms with Crippen LogP contribution in [0.3, 0.4) is 0 Å². The van der Waals surface area contributed by atoms with Crippen molar-refractivity contribution in [3.05, 3.63) is 59.7 Å². The lowest BCUT2D eigenvalue weighted by atomic mass is 9.97. The van der Waals surface area contributed by atoms with Crippen LogP contribution in [-0.4, -0.2) is 74.6 Å². The minimum absolute atomic E-state index is 0.0598. The van der Waals surface area contributed by atoms with Gasteiger partial charge in [-0.2, -0.15) is 5.10 Å². The van der Waals surface area contributed by atoms with E-state index in [1.807, 2.05) is 62.4 Å². The maximum atomic E-state index is 13.6. The van der Waals surface area contributed by atoms with Gasteiger partial charge in [-0.25, -0.2) is 9.80 Å². The molecule has 2 aromatic carbocycles. The zero-order chi connectivity index (χ0) is 25.4. The van der Waals surface area contributed by atoms with Crippen molar-refractivity contribution in [3.63, 3.8) is 0 Å². The van der Waals surface area contributed by atoms with Crippen LogP contribution in [0.4, 0.5) is 4.79 Å². The molecule has 0 saturated heterocycles. The molecule has 0 radical (unpaired) electrons. The summed E-state index contributed by atoms with van der Waals surface area (Å²) in [6.45, 7) is 4.21. The standard InChI is InChI=1S/C26H34N4O5/c1-18(2)27-26(32)29(14-15-33-3)17-25(31)30-23(21-8-6-7-9-24(21)35-5)16-22(28-30)19-10-12-20(34-4)13-11-19/h6-13,18,23H,14-17H2,1-5H3,(H,27,32)/t23-/m0/s1. The molecule has 1 heterocycles. The Morgan fingerprint density at radius 1 is 1.09 bits per heavy atom. The van der Waals surface area contributed by atoms with E-state index in [0.29, 0.717) is 18.8 Å². The third-order valence-electron chi connectivity index (χ3n) is 5.68. The van der Waals surface area contributed by atoms with Crippen molar-refractivity contribution >= 4 is 17.6 Å². The molecule has 0 aliphatic carbocycles. The summed E-state index contributed by atoms with van der Waals surface area (Å²) < 4.78 is 16.0. The van der Waals surface area contributed by atoms with Gasteiger partial charge in [-0.3, -0.25) is 4.79 Å². The van der Waals surface area contributed by atoms with E-state index >= 15 is 0 Å². The second-order valence-corrected chi connectivity index (χ2v) is 8.49. The van der Waals surface area contributed by atoms with Gasteiger partial charge in [0.05, 0.1) is 32.6 Å². The van der Waals surface area contributed by atoms with Crippen molar-refractivity contribution < 1.29 is 23.8 Å². The number of hydrazone groups is 1. The topological polar surface area (TPSA) is 92.7 Å². The first-order chi connectivity index (χ1) is 16.9. The number of benzene rings is 2. The average molecular weight is 483 g/mol. The molecule has 0 aromatic heterocycles. The summed E-state index contributed by atoms with van der Waals surface area (Å²) in [5.41, 5.74) is 2.52. The number of urea groups is 1. The quantitative estimate of drug-likeness (QED) is 0.560. The SMILES string of the molecule is COCCN(CC(=O)N1N=C(c2ccc(OC)cc2)C[C@H]1c1ccccc1OC)C(=O)NC(C)C. The van der Waals surface area contributed by atoms with Crippen LogP contribution in [0.2, 0.25) is 0 Å². The first-order valence-corrected chi connectivity index (χ1v) is 11.6. The van der Waals surface area contributed by atoms with Crippen molar-refractivity contribution in [3.8, 4) is 11.5 Å². The van der Waals surface area contributed by atoms with E-state index in [4.69, 9.17) is 19.3 Å². The number of ether oxygens (including phenoxy) is 3. The molecule has 188 valence electrons. The molecule has 35 heavy (non-hydrogen) atoms. The van der Waals surface area contributed by atoms with Crippen LogP contribution in [0.25, 0.3) is 0 Å². The van der Waals surface area contributed by atoms with Gasteiger partial charge in [0.25, 0.3) is 5.91 Å². The Labute approximate surface area is 206 Å². The number of para-hydroxylation sites is 1. The Morgan fingerprint density at radius 2 is 1.80 bits per heavy atom. The van der Waals surface area contributed by atoms with Gasteiger partial charge in [0.1, 0.15) is 18.0 Å². The number of hydrogen-bond donors (Lipinski definition) is 1. The number of amides is 3. The normalized spacial score (nSPS) is 15.1. The lowest BCUT2D eigenvalue weighted by molar-refractivity contribution is -0.133. The highest BCUT2D eigenvalue weighted by atomic mass is 16.5. The van der Waals surface area contributed by atoms with Gasteiger partial charge in [0.15, 0.2) is 0 Å². The van der Waals surface area contributed by atoms with Gasteiger partial charge in [0, 0.05) is 31.7 Å². The smallest absolute Gasteiger partial charge is 0.318 e. The molecule has 9 heteroatoms. The van der Waals surface area contributed by atoms with Crippen LogP contribution in [0, 0.1) is 0 Å². The van der Waals surface area contributed by atoms with Gasteiger partial charge < -0.3 is 24.4 Å². The first kappa shape index (κ1) is 26.0. The Bertz CT molecular complexity index is 1040. The molecular formula is C26H34N4O5. The largest absolute Gasteiger partial charge is 0.497 e. The number of rotatable bonds is 10. The van der Waals surface area contributed by atoms with Crippen LogP contribution < -0.4 is 14.8 Å². The van der Waals surface area contributed by atoms with Crippen molar-refractivity contribution in [2.75, 3.05) is 41.0 Å². The number of carbonyl (C=O) groups is 2. The third-order valence-corrected chi connectivity index (χ3v) is 5.68. The van der Waals surface area contributed by atoms with E-state index in [2.05, 4.69) is 5.32 Å². The molecular weight excluding hydrogens is 448 g/mol. The number of carbonyl (C=O) groups excluding carboxylic acids is 2. The molecule has 0 unspecified atom stereocenters. The van der Waals surface area contributed by atoms with E-state index in [1.54, 1.807) is 21.3 Å². The van der Waals surface area contributed by atoms with Crippen LogP contribution in [0.1, 0.15) is 37.4 Å². The average Bonchev–Trinajstić information content (AvgIpc) is 3.31. The minimum atomic E-state index is -0.367. The van der Waals surface area contributed by atoms with Crippen molar-refractivity contribution in [2.45, 2.75) is 32.4 Å². The van der Waals surface area contributed by atoms with Crippen LogP contribution in [0.15, 0.2) is 53.6 Å². The lowest BCUT2D eigenvalue weighted by Crippen LogP contribution is -2.48. The van der Waals surface area contributed by atoms with Crippen LogP contribution in [0.5, 0.6) is 11.5 Å². The van der Waals surface area contributed by atoms with Gasteiger partial charge >= 0.3 is 6.03 Å². The second kappa shape index (κ2) is 12.2. The molecule has 2 aromatic rings. The molecule has 3 rings (SSSR count). The zero-order valence-electron chi connectivity index (χ0n) is 21.0. The van der Waals surface area contributed by atoms with E-state index in [9.17, 15) is 9.59 Å².